The molecular weight excluding hydrogens is 238 g/mol. The fourth-order valence-electron chi connectivity index (χ4n) is 1.57. The highest BCUT2D eigenvalue weighted by atomic mass is 35.5. The number of hydrogen-bond acceptors (Lipinski definition) is 4. The molecule has 0 aliphatic rings. The Morgan fingerprint density at radius 3 is 2.82 bits per heavy atom. The zero-order valence-electron chi connectivity index (χ0n) is 9.61. The number of anilines is 1. The highest BCUT2D eigenvalue weighted by Gasteiger charge is 2.03. The van der Waals surface area contributed by atoms with E-state index in [0.717, 1.165) is 13.0 Å². The van der Waals surface area contributed by atoms with Crippen LogP contribution in [0.3, 0.4) is 0 Å². The highest BCUT2D eigenvalue weighted by Crippen LogP contribution is 2.10. The van der Waals surface area contributed by atoms with Crippen LogP contribution in [-0.4, -0.2) is 16.7 Å². The molecule has 0 saturated carbocycles. The molecule has 1 aromatic carbocycles. The van der Waals surface area contributed by atoms with Gasteiger partial charge in [-0.3, -0.25) is 0 Å². The van der Waals surface area contributed by atoms with Gasteiger partial charge in [-0.1, -0.05) is 29.4 Å². The summed E-state index contributed by atoms with van der Waals surface area (Å²) in [6.45, 7) is 2.86. The van der Waals surface area contributed by atoms with Crippen molar-refractivity contribution in [2.45, 2.75) is 19.2 Å². The molecule has 1 N–H and O–H groups in total. The second kappa shape index (κ2) is 5.68. The fraction of sp³-hybridized carbons (Fsp3) is 0.333. The lowest BCUT2D eigenvalue weighted by atomic mass is 10.1. The minimum atomic E-state index is 0.243. The van der Waals surface area contributed by atoms with Gasteiger partial charge in [-0.2, -0.15) is 0 Å². The van der Waals surface area contributed by atoms with Gasteiger partial charge >= 0.3 is 6.01 Å². The van der Waals surface area contributed by atoms with E-state index in [1.165, 1.54) is 11.1 Å². The maximum atomic E-state index is 5.57. The molecule has 0 bridgehead atoms. The van der Waals surface area contributed by atoms with Gasteiger partial charge in [0.15, 0.2) is 0 Å². The number of aromatic nitrogens is 2. The van der Waals surface area contributed by atoms with Gasteiger partial charge in [0.05, 0.1) is 0 Å². The smallest absolute Gasteiger partial charge is 0.315 e. The predicted octanol–water partition coefficient (Wildman–Crippen LogP) is 2.77. The number of hydrogen-bond donors (Lipinski definition) is 1. The number of benzene rings is 1. The Hall–Kier alpha value is -1.55. The van der Waals surface area contributed by atoms with Crippen LogP contribution in [0.1, 0.15) is 17.0 Å². The summed E-state index contributed by atoms with van der Waals surface area (Å²) in [5.74, 6) is 0.678. The summed E-state index contributed by atoms with van der Waals surface area (Å²) in [5.41, 5.74) is 2.61. The molecule has 0 aliphatic heterocycles. The standard InChI is InChI=1S/C12H14ClN3O/c1-9-4-2-3-5-10(9)6-7-14-12-16-15-11(8-13)17-12/h2-5H,6-8H2,1H3,(H,14,16). The molecule has 0 radical (unpaired) electrons. The predicted molar refractivity (Wildman–Crippen MR) is 67.2 cm³/mol. The molecule has 1 aromatic heterocycles. The maximum Gasteiger partial charge on any atom is 0.315 e. The molecule has 1 heterocycles. The molecule has 0 aliphatic carbocycles. The molecule has 0 fully saturated rings. The first-order chi connectivity index (χ1) is 8.29. The van der Waals surface area contributed by atoms with E-state index in [1.54, 1.807) is 0 Å². The fourth-order valence-corrected chi connectivity index (χ4v) is 1.68. The Kier molecular flexibility index (Phi) is 3.98. The molecule has 0 saturated heterocycles. The monoisotopic (exact) mass is 251 g/mol. The van der Waals surface area contributed by atoms with E-state index in [4.69, 9.17) is 16.0 Å². The molecule has 2 rings (SSSR count). The minimum absolute atomic E-state index is 0.243. The quantitative estimate of drug-likeness (QED) is 0.831. The summed E-state index contributed by atoms with van der Waals surface area (Å²) in [7, 11) is 0. The van der Waals surface area contributed by atoms with Crippen LogP contribution in [0.2, 0.25) is 0 Å². The number of halogens is 1. The van der Waals surface area contributed by atoms with Crippen LogP contribution in [0, 0.1) is 6.92 Å². The normalized spacial score (nSPS) is 10.5. The van der Waals surface area contributed by atoms with Gasteiger partial charge in [0.25, 0.3) is 0 Å². The van der Waals surface area contributed by atoms with E-state index in [9.17, 15) is 0 Å². The molecule has 4 nitrogen and oxygen atoms in total. The first-order valence-corrected chi connectivity index (χ1v) is 6.00. The SMILES string of the molecule is Cc1ccccc1CCNc1nnc(CCl)o1. The van der Waals surface area contributed by atoms with Crippen LogP contribution >= 0.6 is 11.6 Å². The molecule has 2 aromatic rings. The summed E-state index contributed by atoms with van der Waals surface area (Å²) in [6.07, 6.45) is 0.922. The Balaban J connectivity index is 1.85. The van der Waals surface area contributed by atoms with Gasteiger partial charge in [-0.25, -0.2) is 0 Å². The van der Waals surface area contributed by atoms with Gasteiger partial charge in [0.1, 0.15) is 5.88 Å². The van der Waals surface area contributed by atoms with E-state index < -0.39 is 0 Å². The van der Waals surface area contributed by atoms with Crippen molar-refractivity contribution in [2.24, 2.45) is 0 Å². The largest absolute Gasteiger partial charge is 0.407 e. The van der Waals surface area contributed by atoms with Crippen LogP contribution in [0.15, 0.2) is 28.7 Å². The third-order valence-corrected chi connectivity index (χ3v) is 2.74. The van der Waals surface area contributed by atoms with Crippen LogP contribution in [0.4, 0.5) is 6.01 Å². The minimum Gasteiger partial charge on any atom is -0.407 e. The number of rotatable bonds is 5. The first kappa shape index (κ1) is 11.9. The lowest BCUT2D eigenvalue weighted by Crippen LogP contribution is -2.05. The van der Waals surface area contributed by atoms with Crippen molar-refractivity contribution < 1.29 is 4.42 Å². The van der Waals surface area contributed by atoms with Gasteiger partial charge in [-0.05, 0) is 24.5 Å². The van der Waals surface area contributed by atoms with Crippen molar-refractivity contribution in [3.05, 3.63) is 41.3 Å². The summed E-state index contributed by atoms with van der Waals surface area (Å²) in [5, 5.41) is 10.7. The lowest BCUT2D eigenvalue weighted by molar-refractivity contribution is 0.525. The molecule has 0 unspecified atom stereocenters. The zero-order chi connectivity index (χ0) is 12.1. The van der Waals surface area contributed by atoms with Crippen LogP contribution in [0.25, 0.3) is 0 Å². The van der Waals surface area contributed by atoms with Gasteiger partial charge < -0.3 is 9.73 Å². The average Bonchev–Trinajstić information content (AvgIpc) is 2.80. The Morgan fingerprint density at radius 2 is 2.12 bits per heavy atom. The van der Waals surface area contributed by atoms with Crippen LogP contribution < -0.4 is 5.32 Å². The average molecular weight is 252 g/mol. The van der Waals surface area contributed by atoms with Gasteiger partial charge in [0.2, 0.25) is 5.89 Å². The molecule has 0 atom stereocenters. The third kappa shape index (κ3) is 3.20. The molecule has 0 spiro atoms. The number of nitrogens with zero attached hydrogens (tertiary/aromatic N) is 2. The van der Waals surface area contributed by atoms with E-state index in [0.29, 0.717) is 11.9 Å². The molecular formula is C12H14ClN3O. The second-order valence-corrected chi connectivity index (χ2v) is 4.01. The molecule has 90 valence electrons. The van der Waals surface area contributed by atoms with E-state index >= 15 is 0 Å². The Bertz CT molecular complexity index is 484. The molecule has 5 heteroatoms. The van der Waals surface area contributed by atoms with Crippen molar-refractivity contribution in [1.82, 2.24) is 10.2 Å². The number of aryl methyl sites for hydroxylation is 1. The summed E-state index contributed by atoms with van der Waals surface area (Å²) < 4.78 is 5.24. The first-order valence-electron chi connectivity index (χ1n) is 5.46. The van der Waals surface area contributed by atoms with Crippen molar-refractivity contribution >= 4 is 17.6 Å². The summed E-state index contributed by atoms with van der Waals surface area (Å²) >= 11 is 5.57. The van der Waals surface area contributed by atoms with Crippen molar-refractivity contribution in [3.8, 4) is 0 Å². The lowest BCUT2D eigenvalue weighted by Gasteiger charge is -2.05. The summed E-state index contributed by atoms with van der Waals surface area (Å²) in [6, 6.07) is 8.73. The zero-order valence-corrected chi connectivity index (χ0v) is 10.4. The van der Waals surface area contributed by atoms with Crippen LogP contribution in [-0.2, 0) is 12.3 Å². The highest BCUT2D eigenvalue weighted by molar-refractivity contribution is 6.16. The second-order valence-electron chi connectivity index (χ2n) is 3.74. The molecule has 17 heavy (non-hydrogen) atoms. The Morgan fingerprint density at radius 1 is 1.29 bits per heavy atom. The Labute approximate surface area is 105 Å². The van der Waals surface area contributed by atoms with Crippen molar-refractivity contribution in [2.75, 3.05) is 11.9 Å². The third-order valence-electron chi connectivity index (χ3n) is 2.51. The van der Waals surface area contributed by atoms with Gasteiger partial charge in [-0.15, -0.1) is 16.7 Å². The summed E-state index contributed by atoms with van der Waals surface area (Å²) in [4.78, 5) is 0. The van der Waals surface area contributed by atoms with E-state index in [1.807, 2.05) is 12.1 Å². The number of alkyl halides is 1. The van der Waals surface area contributed by atoms with E-state index in [-0.39, 0.29) is 5.88 Å². The molecule has 0 amide bonds. The number of nitrogens with one attached hydrogen (secondary N) is 1. The topological polar surface area (TPSA) is 51.0 Å². The van der Waals surface area contributed by atoms with Crippen molar-refractivity contribution in [1.29, 1.82) is 0 Å². The van der Waals surface area contributed by atoms with Crippen LogP contribution in [0.5, 0.6) is 0 Å². The van der Waals surface area contributed by atoms with E-state index in [2.05, 4.69) is 34.6 Å². The van der Waals surface area contributed by atoms with Crippen molar-refractivity contribution in [3.63, 3.8) is 0 Å². The maximum absolute atomic E-state index is 5.57. The van der Waals surface area contributed by atoms with Gasteiger partial charge in [0, 0.05) is 6.54 Å².